The maximum absolute atomic E-state index is 12.8. The Morgan fingerprint density at radius 1 is 0.902 bits per heavy atom. The molecule has 61 heavy (non-hydrogen) atoms. The first kappa shape index (κ1) is 42.6. The molecule has 0 radical (unpaired) electrons. The predicted octanol–water partition coefficient (Wildman–Crippen LogP) is 4.63. The molecule has 18 heteroatoms. The van der Waals surface area contributed by atoms with Crippen LogP contribution in [0.2, 0.25) is 10.0 Å². The number of pyridine rings is 2. The minimum atomic E-state index is -0.568. The van der Waals surface area contributed by atoms with E-state index in [1.54, 1.807) is 70.6 Å². The molecule has 0 unspecified atom stereocenters. The summed E-state index contributed by atoms with van der Waals surface area (Å²) < 4.78 is 1.69. The van der Waals surface area contributed by atoms with E-state index in [1.165, 1.54) is 0 Å². The highest BCUT2D eigenvalue weighted by molar-refractivity contribution is 6.45. The summed E-state index contributed by atoms with van der Waals surface area (Å²) in [7, 11) is 0. The molecule has 316 valence electrons. The Bertz CT molecular complexity index is 2610. The highest BCUT2D eigenvalue weighted by atomic mass is 35.5. The number of amides is 4. The lowest BCUT2D eigenvalue weighted by atomic mass is 9.92. The molecule has 1 aliphatic rings. The predicted molar refractivity (Wildman–Crippen MR) is 232 cm³/mol. The number of hydrogen-bond acceptors (Lipinski definition) is 10. The summed E-state index contributed by atoms with van der Waals surface area (Å²) in [5.41, 5.74) is 14.5. The second-order valence-electron chi connectivity index (χ2n) is 14.4. The number of halogens is 2. The summed E-state index contributed by atoms with van der Waals surface area (Å²) in [6.45, 7) is 3.19. The van der Waals surface area contributed by atoms with E-state index in [9.17, 15) is 29.4 Å². The smallest absolute Gasteiger partial charge is 0.269 e. The first-order valence-electron chi connectivity index (χ1n) is 19.7. The lowest BCUT2D eigenvalue weighted by molar-refractivity contribution is -0.135. The molecule has 0 atom stereocenters. The number of aromatic hydroxyl groups is 1. The minimum absolute atomic E-state index is 0.0197. The number of aromatic nitrogens is 5. The number of benzene rings is 2. The molecule has 0 saturated carbocycles. The molecule has 0 fully saturated rings. The summed E-state index contributed by atoms with van der Waals surface area (Å²) in [5.74, 6) is -0.860. The number of fused-ring (bicyclic) bond motifs is 3. The quantitative estimate of drug-likeness (QED) is 0.0708. The molecule has 4 aromatic heterocycles. The van der Waals surface area contributed by atoms with Crippen LogP contribution in [0.1, 0.15) is 47.1 Å². The molecule has 5 heterocycles. The van der Waals surface area contributed by atoms with E-state index in [2.05, 4.69) is 30.9 Å². The Hall–Kier alpha value is -6.49. The van der Waals surface area contributed by atoms with Crippen LogP contribution in [0.4, 0.5) is 5.82 Å². The fourth-order valence-corrected chi connectivity index (χ4v) is 7.89. The zero-order valence-electron chi connectivity index (χ0n) is 33.2. The summed E-state index contributed by atoms with van der Waals surface area (Å²) in [6.07, 6.45) is 6.26. The molecule has 8 N–H and O–H groups in total. The number of H-pyrrole nitrogens is 1. The summed E-state index contributed by atoms with van der Waals surface area (Å²) in [5, 5.41) is 33.6. The third-order valence-electron chi connectivity index (χ3n) is 10.6. The van der Waals surface area contributed by atoms with Crippen LogP contribution in [0.25, 0.3) is 44.4 Å². The second-order valence-corrected chi connectivity index (χ2v) is 15.2. The molecule has 2 aromatic carbocycles. The van der Waals surface area contributed by atoms with Crippen molar-refractivity contribution in [3.8, 4) is 39.3 Å². The van der Waals surface area contributed by atoms with E-state index in [0.717, 1.165) is 50.0 Å². The number of phenols is 1. The van der Waals surface area contributed by atoms with Crippen molar-refractivity contribution in [1.29, 1.82) is 0 Å². The number of aromatic amines is 1. The molecule has 4 amide bonds. The maximum Gasteiger partial charge on any atom is 0.269 e. The minimum Gasteiger partial charge on any atom is -0.508 e. The third-order valence-corrected chi connectivity index (χ3v) is 11.3. The number of nitrogens with zero attached hydrogens (tertiary/aromatic N) is 5. The van der Waals surface area contributed by atoms with Gasteiger partial charge in [0.15, 0.2) is 0 Å². The largest absolute Gasteiger partial charge is 0.508 e. The first-order chi connectivity index (χ1) is 29.4. The molecule has 7 rings (SSSR count). The van der Waals surface area contributed by atoms with Gasteiger partial charge in [-0.2, -0.15) is 5.10 Å². The fourth-order valence-electron chi connectivity index (χ4n) is 7.49. The zero-order chi connectivity index (χ0) is 43.2. The number of nitrogen functional groups attached to an aromatic ring is 1. The number of carbonyl (C=O) groups is 4. The van der Waals surface area contributed by atoms with Crippen LogP contribution < -0.4 is 21.7 Å². The Morgan fingerprint density at radius 3 is 2.33 bits per heavy atom. The van der Waals surface area contributed by atoms with E-state index in [4.69, 9.17) is 34.0 Å². The number of anilines is 1. The van der Waals surface area contributed by atoms with Crippen molar-refractivity contribution in [2.45, 2.75) is 45.7 Å². The lowest BCUT2D eigenvalue weighted by Gasteiger charge is -2.26. The first-order valence-corrected chi connectivity index (χ1v) is 20.5. The molecule has 0 saturated heterocycles. The Labute approximate surface area is 360 Å². The van der Waals surface area contributed by atoms with Gasteiger partial charge >= 0.3 is 0 Å². The number of nitrogens with two attached hydrogens (primary N) is 1. The SMILES string of the molecule is CCc1c(-c2ccc(C(=O)NCCNC(=O)CCC(=O)NCCn3ccc(-c4cc(Cl)c(Cl)c5[nH]c6c(c45)CN(C(=O)CO)CC6)n3)nc2)cnc(N)c1-c1ccc(O)cc1. The fraction of sp³-hybridized carbons (Fsp3) is 0.279. The molecule has 0 spiro atoms. The van der Waals surface area contributed by atoms with Gasteiger partial charge in [0.25, 0.3) is 5.91 Å². The average molecular weight is 868 g/mol. The van der Waals surface area contributed by atoms with E-state index in [0.29, 0.717) is 59.5 Å². The van der Waals surface area contributed by atoms with E-state index in [-0.39, 0.29) is 61.6 Å². The Balaban J connectivity index is 0.846. The van der Waals surface area contributed by atoms with Crippen LogP contribution in [0, 0.1) is 0 Å². The summed E-state index contributed by atoms with van der Waals surface area (Å²) in [4.78, 5) is 63.8. The van der Waals surface area contributed by atoms with Crippen molar-refractivity contribution in [2.24, 2.45) is 0 Å². The van der Waals surface area contributed by atoms with Crippen LogP contribution in [-0.4, -0.2) is 96.3 Å². The Kier molecular flexibility index (Phi) is 13.2. The van der Waals surface area contributed by atoms with Gasteiger partial charge in [-0.25, -0.2) is 4.98 Å². The van der Waals surface area contributed by atoms with Crippen LogP contribution in [0.3, 0.4) is 0 Å². The summed E-state index contributed by atoms with van der Waals surface area (Å²) in [6, 6.07) is 13.7. The Morgan fingerprint density at radius 2 is 1.62 bits per heavy atom. The van der Waals surface area contributed by atoms with Crippen molar-refractivity contribution in [3.05, 3.63) is 99.7 Å². The highest BCUT2D eigenvalue weighted by Crippen LogP contribution is 2.42. The molecule has 1 aliphatic heterocycles. The molecule has 6 aromatic rings. The zero-order valence-corrected chi connectivity index (χ0v) is 34.7. The summed E-state index contributed by atoms with van der Waals surface area (Å²) >= 11 is 13.1. The normalized spacial score (nSPS) is 12.3. The van der Waals surface area contributed by atoms with Crippen molar-refractivity contribution in [1.82, 2.24) is 45.6 Å². The molecule has 16 nitrogen and oxygen atoms in total. The van der Waals surface area contributed by atoms with Gasteiger partial charge in [0.1, 0.15) is 23.9 Å². The number of hydrogen-bond donors (Lipinski definition) is 7. The number of aliphatic hydroxyl groups excluding tert-OH is 1. The van der Waals surface area contributed by atoms with E-state index < -0.39 is 12.5 Å². The number of rotatable bonds is 15. The van der Waals surface area contributed by atoms with E-state index in [1.807, 2.05) is 13.0 Å². The van der Waals surface area contributed by atoms with Gasteiger partial charge in [-0.3, -0.25) is 28.8 Å². The van der Waals surface area contributed by atoms with Gasteiger partial charge < -0.3 is 41.8 Å². The number of nitrogens with one attached hydrogen (secondary N) is 4. The highest BCUT2D eigenvalue weighted by Gasteiger charge is 2.27. The van der Waals surface area contributed by atoms with Gasteiger partial charge in [-0.05, 0) is 47.9 Å². The number of carbonyl (C=O) groups excluding carboxylic acids is 4. The van der Waals surface area contributed by atoms with Crippen LogP contribution in [0.15, 0.2) is 67.1 Å². The monoisotopic (exact) mass is 866 g/mol. The van der Waals surface area contributed by atoms with Crippen molar-refractivity contribution < 1.29 is 29.4 Å². The van der Waals surface area contributed by atoms with Gasteiger partial charge in [0.05, 0.1) is 27.8 Å². The van der Waals surface area contributed by atoms with Crippen molar-refractivity contribution in [3.63, 3.8) is 0 Å². The van der Waals surface area contributed by atoms with Crippen LogP contribution in [-0.2, 0) is 40.3 Å². The molecule has 0 bridgehead atoms. The van der Waals surface area contributed by atoms with Crippen LogP contribution >= 0.6 is 23.2 Å². The van der Waals surface area contributed by atoms with Crippen LogP contribution in [0.5, 0.6) is 5.75 Å². The van der Waals surface area contributed by atoms with Crippen molar-refractivity contribution in [2.75, 3.05) is 38.5 Å². The number of phenolic OH excluding ortho intramolecular Hbond substituents is 1. The third kappa shape index (κ3) is 9.46. The molecule has 0 aliphatic carbocycles. The van der Waals surface area contributed by atoms with E-state index >= 15 is 0 Å². The standard InChI is InChI=1S/C43H44Cl2N10O6/c1-2-27-29(21-51-42(46)38(27)24-3-6-26(57)7-4-24)25-5-8-34(50-20-25)43(61)49-14-13-47-35(58)9-10-36(59)48-15-18-55-17-12-33(53-55)28-19-31(44)40(45)41-39(28)30-22-54(37(60)23-56)16-11-32(30)52-41/h3-8,12,17,19-21,52,56-57H,2,9-11,13-16,18,22-23H2,1H3,(H2,46,51)(H,47,58)(H,48,59)(H,49,61). The van der Waals surface area contributed by atoms with Gasteiger partial charge in [0, 0.05) is 109 Å². The van der Waals surface area contributed by atoms with Gasteiger partial charge in [-0.1, -0.05) is 48.3 Å². The lowest BCUT2D eigenvalue weighted by Crippen LogP contribution is -2.37. The van der Waals surface area contributed by atoms with Gasteiger partial charge in [0.2, 0.25) is 17.7 Å². The number of aliphatic hydroxyl groups is 1. The second kappa shape index (κ2) is 18.8. The average Bonchev–Trinajstić information content (AvgIpc) is 3.91. The molecular formula is C43H44Cl2N10O6. The molecular weight excluding hydrogens is 823 g/mol. The maximum atomic E-state index is 12.8. The topological polar surface area (TPSA) is 233 Å². The van der Waals surface area contributed by atoms with Crippen molar-refractivity contribution >= 4 is 63.6 Å². The van der Waals surface area contributed by atoms with Gasteiger partial charge in [-0.15, -0.1) is 0 Å².